The van der Waals surface area contributed by atoms with Crippen molar-refractivity contribution in [1.82, 2.24) is 9.97 Å². The van der Waals surface area contributed by atoms with Crippen molar-refractivity contribution in [2.45, 2.75) is 39.5 Å². The van der Waals surface area contributed by atoms with Gasteiger partial charge in [-0.15, -0.1) is 0 Å². The fraction of sp³-hybridized carbons (Fsp3) is 0.450. The van der Waals surface area contributed by atoms with E-state index in [0.717, 1.165) is 50.4 Å². The number of hydrogen-bond donors (Lipinski definition) is 1. The van der Waals surface area contributed by atoms with Crippen molar-refractivity contribution in [1.29, 1.82) is 0 Å². The Bertz CT molecular complexity index is 759. The highest BCUT2D eigenvalue weighted by atomic mass is 16.1. The van der Waals surface area contributed by atoms with Gasteiger partial charge in [-0.25, -0.2) is 9.97 Å². The third-order valence-electron chi connectivity index (χ3n) is 4.80. The van der Waals surface area contributed by atoms with Crippen LogP contribution in [0.3, 0.4) is 0 Å². The minimum absolute atomic E-state index is 0.365. The second-order valence-corrected chi connectivity index (χ2v) is 6.89. The van der Waals surface area contributed by atoms with E-state index in [1.54, 1.807) is 6.07 Å². The fourth-order valence-electron chi connectivity index (χ4n) is 3.58. The number of hydrogen-bond acceptors (Lipinski definition) is 4. The van der Waals surface area contributed by atoms with Crippen LogP contribution in [-0.4, -0.2) is 29.0 Å². The van der Waals surface area contributed by atoms with Crippen molar-refractivity contribution in [3.8, 4) is 0 Å². The van der Waals surface area contributed by atoms with Crippen LogP contribution in [-0.2, 0) is 12.8 Å². The third kappa shape index (κ3) is 4.16. The molecule has 1 aliphatic rings. The number of primary amides is 1. The lowest BCUT2D eigenvalue weighted by Gasteiger charge is -2.21. The largest absolute Gasteiger partial charge is 0.366 e. The number of carbonyl (C=O) groups excluding carboxylic acids is 1. The second-order valence-electron chi connectivity index (χ2n) is 6.89. The van der Waals surface area contributed by atoms with Gasteiger partial charge in [-0.05, 0) is 49.8 Å². The molecule has 0 bridgehead atoms. The van der Waals surface area contributed by atoms with E-state index in [4.69, 9.17) is 10.7 Å². The summed E-state index contributed by atoms with van der Waals surface area (Å²) in [6.45, 7) is 6.14. The third-order valence-corrected chi connectivity index (χ3v) is 4.80. The van der Waals surface area contributed by atoms with Crippen LogP contribution >= 0.6 is 0 Å². The van der Waals surface area contributed by atoms with Gasteiger partial charge in [0.25, 0.3) is 0 Å². The molecule has 2 aromatic rings. The molecule has 5 nitrogen and oxygen atoms in total. The van der Waals surface area contributed by atoms with Gasteiger partial charge in [-0.3, -0.25) is 4.79 Å². The highest BCUT2D eigenvalue weighted by Gasteiger charge is 2.25. The molecule has 0 unspecified atom stereocenters. The summed E-state index contributed by atoms with van der Waals surface area (Å²) in [6.07, 6.45) is 6.18. The molecule has 1 aromatic carbocycles. The van der Waals surface area contributed by atoms with Gasteiger partial charge in [-0.1, -0.05) is 25.5 Å². The minimum Gasteiger partial charge on any atom is -0.366 e. The predicted molar refractivity (Wildman–Crippen MR) is 99.7 cm³/mol. The molecular weight excluding hydrogens is 312 g/mol. The highest BCUT2D eigenvalue weighted by molar-refractivity contribution is 5.92. The monoisotopic (exact) mass is 338 g/mol. The smallest absolute Gasteiger partial charge is 0.248 e. The summed E-state index contributed by atoms with van der Waals surface area (Å²) >= 11 is 0. The van der Waals surface area contributed by atoms with E-state index < -0.39 is 0 Å². The molecule has 0 saturated carbocycles. The molecule has 25 heavy (non-hydrogen) atoms. The van der Waals surface area contributed by atoms with E-state index in [1.807, 2.05) is 25.3 Å². The first kappa shape index (κ1) is 17.4. The Kier molecular flexibility index (Phi) is 5.31. The number of anilines is 1. The number of benzene rings is 1. The van der Waals surface area contributed by atoms with E-state index in [9.17, 15) is 4.79 Å². The summed E-state index contributed by atoms with van der Waals surface area (Å²) in [4.78, 5) is 22.8. The normalized spacial score (nSPS) is 17.0. The zero-order chi connectivity index (χ0) is 17.8. The first-order chi connectivity index (χ1) is 12.1. The van der Waals surface area contributed by atoms with E-state index >= 15 is 0 Å². The van der Waals surface area contributed by atoms with E-state index in [0.29, 0.717) is 11.5 Å². The Morgan fingerprint density at radius 2 is 2.24 bits per heavy atom. The summed E-state index contributed by atoms with van der Waals surface area (Å²) in [6, 6.07) is 7.68. The predicted octanol–water partition coefficient (Wildman–Crippen LogP) is 2.91. The number of carbonyl (C=O) groups is 1. The maximum Gasteiger partial charge on any atom is 0.248 e. The lowest BCUT2D eigenvalue weighted by Crippen LogP contribution is -2.23. The molecule has 0 spiro atoms. The second kappa shape index (κ2) is 7.64. The summed E-state index contributed by atoms with van der Waals surface area (Å²) < 4.78 is 0. The molecular formula is C20H26N4O. The van der Waals surface area contributed by atoms with Crippen LogP contribution in [0.2, 0.25) is 0 Å². The molecule has 3 rings (SSSR count). The minimum atomic E-state index is -0.365. The Morgan fingerprint density at radius 1 is 1.40 bits per heavy atom. The van der Waals surface area contributed by atoms with Crippen molar-refractivity contribution < 1.29 is 4.79 Å². The SMILES string of the molecule is CCCc1cnc(C)nc1N1CC[C@H](Cc2cccc(C(N)=O)c2)C1. The van der Waals surface area contributed by atoms with Crippen molar-refractivity contribution in [2.75, 3.05) is 18.0 Å². The molecule has 132 valence electrons. The van der Waals surface area contributed by atoms with Crippen molar-refractivity contribution in [2.24, 2.45) is 11.7 Å². The van der Waals surface area contributed by atoms with Gasteiger partial charge in [0.05, 0.1) is 0 Å². The van der Waals surface area contributed by atoms with E-state index in [1.165, 1.54) is 11.1 Å². The number of rotatable bonds is 6. The summed E-state index contributed by atoms with van der Waals surface area (Å²) in [7, 11) is 0. The first-order valence-corrected chi connectivity index (χ1v) is 9.03. The van der Waals surface area contributed by atoms with Gasteiger partial charge in [0.1, 0.15) is 11.6 Å². The maximum atomic E-state index is 11.4. The van der Waals surface area contributed by atoms with E-state index in [2.05, 4.69) is 22.9 Å². The van der Waals surface area contributed by atoms with Crippen LogP contribution in [0.4, 0.5) is 5.82 Å². The Morgan fingerprint density at radius 3 is 3.00 bits per heavy atom. The molecule has 1 aliphatic heterocycles. The zero-order valence-electron chi connectivity index (χ0n) is 15.0. The molecule has 1 atom stereocenters. The quantitative estimate of drug-likeness (QED) is 0.879. The van der Waals surface area contributed by atoms with E-state index in [-0.39, 0.29) is 5.91 Å². The number of nitrogens with zero attached hydrogens (tertiary/aromatic N) is 3. The average Bonchev–Trinajstić information content (AvgIpc) is 3.05. The molecule has 1 saturated heterocycles. The van der Waals surface area contributed by atoms with Crippen LogP contribution in [0.15, 0.2) is 30.5 Å². The maximum absolute atomic E-state index is 11.4. The molecule has 2 N–H and O–H groups in total. The van der Waals surface area contributed by atoms with Crippen LogP contribution in [0.25, 0.3) is 0 Å². The standard InChI is InChI=1S/C20H26N4O/c1-3-5-18-12-22-14(2)23-20(18)24-9-8-16(13-24)10-15-6-4-7-17(11-15)19(21)25/h4,6-7,11-12,16H,3,5,8-10,13H2,1-2H3,(H2,21,25)/t16-/m1/s1. The summed E-state index contributed by atoms with van der Waals surface area (Å²) in [5, 5.41) is 0. The molecule has 5 heteroatoms. The highest BCUT2D eigenvalue weighted by Crippen LogP contribution is 2.28. The lowest BCUT2D eigenvalue weighted by molar-refractivity contribution is 0.1000. The fourth-order valence-corrected chi connectivity index (χ4v) is 3.58. The van der Waals surface area contributed by atoms with Crippen molar-refractivity contribution in [3.63, 3.8) is 0 Å². The first-order valence-electron chi connectivity index (χ1n) is 9.03. The Balaban J connectivity index is 1.71. The van der Waals surface area contributed by atoms with Crippen LogP contribution in [0.5, 0.6) is 0 Å². The number of nitrogens with two attached hydrogens (primary N) is 1. The van der Waals surface area contributed by atoms with Crippen molar-refractivity contribution in [3.05, 3.63) is 53.0 Å². The summed E-state index contributed by atoms with van der Waals surface area (Å²) in [5.74, 6) is 2.12. The average molecular weight is 338 g/mol. The number of aryl methyl sites for hydroxylation is 2. The van der Waals surface area contributed by atoms with Crippen LogP contribution in [0.1, 0.15) is 47.1 Å². The number of amides is 1. The van der Waals surface area contributed by atoms with Gasteiger partial charge in [-0.2, -0.15) is 0 Å². The van der Waals surface area contributed by atoms with Gasteiger partial charge in [0.15, 0.2) is 0 Å². The Hall–Kier alpha value is -2.43. The van der Waals surface area contributed by atoms with Crippen LogP contribution < -0.4 is 10.6 Å². The van der Waals surface area contributed by atoms with Crippen molar-refractivity contribution >= 4 is 11.7 Å². The molecule has 0 aliphatic carbocycles. The summed E-state index contributed by atoms with van der Waals surface area (Å²) in [5.41, 5.74) is 8.39. The topological polar surface area (TPSA) is 72.1 Å². The Labute approximate surface area is 149 Å². The van der Waals surface area contributed by atoms with Gasteiger partial charge in [0.2, 0.25) is 5.91 Å². The van der Waals surface area contributed by atoms with Crippen LogP contribution in [0, 0.1) is 12.8 Å². The molecule has 2 heterocycles. The number of aromatic nitrogens is 2. The zero-order valence-corrected chi connectivity index (χ0v) is 15.0. The molecule has 1 aromatic heterocycles. The molecule has 1 amide bonds. The lowest BCUT2D eigenvalue weighted by atomic mass is 9.97. The molecule has 0 radical (unpaired) electrons. The van der Waals surface area contributed by atoms with Gasteiger partial charge < -0.3 is 10.6 Å². The van der Waals surface area contributed by atoms with Gasteiger partial charge >= 0.3 is 0 Å². The molecule has 1 fully saturated rings. The van der Waals surface area contributed by atoms with Gasteiger partial charge in [0, 0.05) is 30.4 Å².